The van der Waals surface area contributed by atoms with Gasteiger partial charge in [-0.3, -0.25) is 9.69 Å². The lowest BCUT2D eigenvalue weighted by Crippen LogP contribution is -2.46. The van der Waals surface area contributed by atoms with Gasteiger partial charge in [0.15, 0.2) is 0 Å². The van der Waals surface area contributed by atoms with Crippen molar-refractivity contribution in [1.29, 1.82) is 0 Å². The fourth-order valence-electron chi connectivity index (χ4n) is 1.92. The summed E-state index contributed by atoms with van der Waals surface area (Å²) in [5.74, 6) is 1.36. The summed E-state index contributed by atoms with van der Waals surface area (Å²) in [5.41, 5.74) is 1.58. The van der Waals surface area contributed by atoms with Crippen LogP contribution in [0.3, 0.4) is 0 Å². The zero-order valence-corrected chi connectivity index (χ0v) is 12.4. The number of carbonyl (C=O) groups excluding carboxylic acids is 1. The number of carboxylic acids is 1. The molecule has 0 aliphatic rings. The van der Waals surface area contributed by atoms with Gasteiger partial charge in [0.2, 0.25) is 0 Å². The SMILES string of the molecule is C#CCN(CCC)C(=O)N(CC(=O)O)c1ccc(C)cc1. The topological polar surface area (TPSA) is 60.9 Å². The Bertz CT molecular complexity index is 531. The van der Waals surface area contributed by atoms with Crippen molar-refractivity contribution in [3.63, 3.8) is 0 Å². The molecule has 0 aliphatic carbocycles. The molecule has 0 radical (unpaired) electrons. The predicted octanol–water partition coefficient (Wildman–Crippen LogP) is 2.35. The second-order valence-electron chi connectivity index (χ2n) is 4.72. The van der Waals surface area contributed by atoms with Crippen molar-refractivity contribution in [2.75, 3.05) is 24.5 Å². The molecule has 21 heavy (non-hydrogen) atoms. The Balaban J connectivity index is 3.05. The maximum absolute atomic E-state index is 12.5. The van der Waals surface area contributed by atoms with Crippen molar-refractivity contribution >= 4 is 17.7 Å². The number of aryl methyl sites for hydroxylation is 1. The van der Waals surface area contributed by atoms with Gasteiger partial charge in [-0.1, -0.05) is 30.5 Å². The van der Waals surface area contributed by atoms with E-state index in [1.54, 1.807) is 12.1 Å². The van der Waals surface area contributed by atoms with Crippen molar-refractivity contribution in [1.82, 2.24) is 4.90 Å². The number of aliphatic carboxylic acids is 1. The summed E-state index contributed by atoms with van der Waals surface area (Å²) in [4.78, 5) is 26.3. The number of hydrogen-bond donors (Lipinski definition) is 1. The second kappa shape index (κ2) is 7.95. The normalized spacial score (nSPS) is 9.76. The molecule has 1 aromatic rings. The number of amides is 2. The number of carbonyl (C=O) groups is 2. The molecule has 0 saturated heterocycles. The lowest BCUT2D eigenvalue weighted by atomic mass is 10.2. The molecule has 112 valence electrons. The molecule has 0 spiro atoms. The van der Waals surface area contributed by atoms with E-state index in [0.717, 1.165) is 12.0 Å². The third-order valence-electron chi connectivity index (χ3n) is 2.92. The monoisotopic (exact) mass is 288 g/mol. The maximum Gasteiger partial charge on any atom is 0.325 e. The van der Waals surface area contributed by atoms with Crippen molar-refractivity contribution in [3.8, 4) is 12.3 Å². The first-order valence-corrected chi connectivity index (χ1v) is 6.78. The van der Waals surface area contributed by atoms with E-state index >= 15 is 0 Å². The van der Waals surface area contributed by atoms with E-state index in [-0.39, 0.29) is 12.6 Å². The molecular formula is C16H20N2O3. The van der Waals surface area contributed by atoms with E-state index in [1.165, 1.54) is 9.80 Å². The van der Waals surface area contributed by atoms with Crippen molar-refractivity contribution < 1.29 is 14.7 Å². The van der Waals surface area contributed by atoms with E-state index in [9.17, 15) is 9.59 Å². The molecule has 0 fully saturated rings. The zero-order valence-electron chi connectivity index (χ0n) is 12.4. The molecule has 1 aromatic carbocycles. The minimum atomic E-state index is -1.07. The van der Waals surface area contributed by atoms with Gasteiger partial charge in [0.25, 0.3) is 0 Å². The number of benzene rings is 1. The Morgan fingerprint density at radius 3 is 2.38 bits per heavy atom. The van der Waals surface area contributed by atoms with Crippen LogP contribution in [0, 0.1) is 19.3 Å². The molecule has 0 heterocycles. The molecular weight excluding hydrogens is 268 g/mol. The van der Waals surface area contributed by atoms with Crippen LogP contribution in [0.4, 0.5) is 10.5 Å². The molecule has 1 N–H and O–H groups in total. The molecule has 0 bridgehead atoms. The molecule has 5 heteroatoms. The van der Waals surface area contributed by atoms with E-state index in [0.29, 0.717) is 12.2 Å². The van der Waals surface area contributed by atoms with Crippen LogP contribution in [0.5, 0.6) is 0 Å². The van der Waals surface area contributed by atoms with Crippen LogP contribution < -0.4 is 4.90 Å². The average molecular weight is 288 g/mol. The van der Waals surface area contributed by atoms with E-state index in [1.807, 2.05) is 26.0 Å². The van der Waals surface area contributed by atoms with Gasteiger partial charge in [-0.05, 0) is 25.5 Å². The van der Waals surface area contributed by atoms with Gasteiger partial charge in [0, 0.05) is 12.2 Å². The van der Waals surface area contributed by atoms with Crippen LogP contribution in [0.1, 0.15) is 18.9 Å². The lowest BCUT2D eigenvalue weighted by molar-refractivity contribution is -0.135. The summed E-state index contributed by atoms with van der Waals surface area (Å²) in [6, 6.07) is 6.75. The van der Waals surface area contributed by atoms with Crippen molar-refractivity contribution in [2.45, 2.75) is 20.3 Å². The van der Waals surface area contributed by atoms with Crippen LogP contribution in [-0.4, -0.2) is 41.6 Å². The van der Waals surface area contributed by atoms with Crippen LogP contribution in [0.15, 0.2) is 24.3 Å². The number of hydrogen-bond acceptors (Lipinski definition) is 2. The number of terminal acetylenes is 1. The molecule has 0 aliphatic heterocycles. The van der Waals surface area contributed by atoms with E-state index in [4.69, 9.17) is 11.5 Å². The van der Waals surface area contributed by atoms with Gasteiger partial charge in [0.05, 0.1) is 6.54 Å². The van der Waals surface area contributed by atoms with Gasteiger partial charge in [0.1, 0.15) is 6.54 Å². The second-order valence-corrected chi connectivity index (χ2v) is 4.72. The zero-order chi connectivity index (χ0) is 15.8. The highest BCUT2D eigenvalue weighted by molar-refractivity contribution is 5.96. The molecule has 5 nitrogen and oxygen atoms in total. The van der Waals surface area contributed by atoms with Crippen molar-refractivity contribution in [2.24, 2.45) is 0 Å². The first-order chi connectivity index (χ1) is 9.99. The van der Waals surface area contributed by atoms with Crippen LogP contribution in [0.2, 0.25) is 0 Å². The Kier molecular flexibility index (Phi) is 6.28. The molecule has 0 unspecified atom stereocenters. The molecule has 0 aromatic heterocycles. The van der Waals surface area contributed by atoms with Crippen LogP contribution in [-0.2, 0) is 4.79 Å². The minimum absolute atomic E-state index is 0.161. The van der Waals surface area contributed by atoms with Gasteiger partial charge >= 0.3 is 12.0 Å². The summed E-state index contributed by atoms with van der Waals surface area (Å²) >= 11 is 0. The maximum atomic E-state index is 12.5. The van der Waals surface area contributed by atoms with Gasteiger partial charge in [-0.15, -0.1) is 6.42 Å². The number of carboxylic acid groups (broad SMARTS) is 1. The first-order valence-electron chi connectivity index (χ1n) is 6.78. The Morgan fingerprint density at radius 1 is 1.29 bits per heavy atom. The highest BCUT2D eigenvalue weighted by Gasteiger charge is 2.23. The predicted molar refractivity (Wildman–Crippen MR) is 82.3 cm³/mol. The fourth-order valence-corrected chi connectivity index (χ4v) is 1.92. The lowest BCUT2D eigenvalue weighted by Gasteiger charge is -2.28. The van der Waals surface area contributed by atoms with E-state index < -0.39 is 12.5 Å². The van der Waals surface area contributed by atoms with Gasteiger partial charge in [-0.25, -0.2) is 4.79 Å². The summed E-state index contributed by atoms with van der Waals surface area (Å²) in [6.45, 7) is 4.12. The third kappa shape index (κ3) is 4.84. The Hall–Kier alpha value is -2.48. The van der Waals surface area contributed by atoms with E-state index in [2.05, 4.69) is 5.92 Å². The fraction of sp³-hybridized carbons (Fsp3) is 0.375. The summed E-state index contributed by atoms with van der Waals surface area (Å²) in [5, 5.41) is 9.04. The molecule has 0 atom stereocenters. The summed E-state index contributed by atoms with van der Waals surface area (Å²) < 4.78 is 0. The highest BCUT2D eigenvalue weighted by atomic mass is 16.4. The Labute approximate surface area is 125 Å². The number of anilines is 1. The smallest absolute Gasteiger partial charge is 0.325 e. The third-order valence-corrected chi connectivity index (χ3v) is 2.92. The number of rotatable bonds is 6. The molecule has 0 saturated carbocycles. The van der Waals surface area contributed by atoms with Crippen molar-refractivity contribution in [3.05, 3.63) is 29.8 Å². The standard InChI is InChI=1S/C16H20N2O3/c1-4-10-17(11-5-2)16(21)18(12-15(19)20)14-8-6-13(3)7-9-14/h1,6-9H,5,10-12H2,2-3H3,(H,19,20). The van der Waals surface area contributed by atoms with Crippen LogP contribution >= 0.6 is 0 Å². The summed E-state index contributed by atoms with van der Waals surface area (Å²) in [7, 11) is 0. The number of urea groups is 1. The first kappa shape index (κ1) is 16.6. The Morgan fingerprint density at radius 2 is 1.90 bits per heavy atom. The van der Waals surface area contributed by atoms with Crippen LogP contribution in [0.25, 0.3) is 0 Å². The average Bonchev–Trinajstić information content (AvgIpc) is 2.45. The minimum Gasteiger partial charge on any atom is -0.480 e. The quantitative estimate of drug-likeness (QED) is 0.817. The van der Waals surface area contributed by atoms with Gasteiger partial charge < -0.3 is 10.0 Å². The summed E-state index contributed by atoms with van der Waals surface area (Å²) in [6.07, 6.45) is 6.03. The molecule has 1 rings (SSSR count). The largest absolute Gasteiger partial charge is 0.480 e. The highest BCUT2D eigenvalue weighted by Crippen LogP contribution is 2.17. The van der Waals surface area contributed by atoms with Gasteiger partial charge in [-0.2, -0.15) is 0 Å². The number of nitrogens with zero attached hydrogens (tertiary/aromatic N) is 2. The molecule has 2 amide bonds.